The molecule has 0 saturated carbocycles. The Morgan fingerprint density at radius 3 is 1.02 bits per heavy atom. The molecule has 0 amide bonds. The highest BCUT2D eigenvalue weighted by molar-refractivity contribution is 5.80. The second kappa shape index (κ2) is 24.0. The first kappa shape index (κ1) is 44.7. The van der Waals surface area contributed by atoms with Crippen LogP contribution in [0.25, 0.3) is 0 Å². The van der Waals surface area contributed by atoms with E-state index in [1.165, 1.54) is 0 Å². The number of esters is 10. The Morgan fingerprint density at radius 2 is 0.654 bits per heavy atom. The summed E-state index contributed by atoms with van der Waals surface area (Å²) in [5, 5.41) is 0. The minimum Gasteiger partial charge on any atom is -0.469 e. The fraction of sp³-hybridized carbons (Fsp3) is 0.677. The molecule has 52 heavy (non-hydrogen) atoms. The minimum absolute atomic E-state index is 0.378. The predicted molar refractivity (Wildman–Crippen MR) is 162 cm³/mol. The van der Waals surface area contributed by atoms with E-state index >= 15 is 0 Å². The molecule has 5 atom stereocenters. The Kier molecular flexibility index (Phi) is 20.6. The van der Waals surface area contributed by atoms with Gasteiger partial charge in [0.1, 0.15) is 12.7 Å². The van der Waals surface area contributed by atoms with Crippen molar-refractivity contribution in [1.82, 2.24) is 0 Å². The van der Waals surface area contributed by atoms with E-state index in [1.807, 2.05) is 0 Å². The Morgan fingerprint density at radius 1 is 0.365 bits per heavy atom. The number of hydrogen-bond donors (Lipinski definition) is 0. The lowest BCUT2D eigenvalue weighted by Gasteiger charge is -2.44. The van der Waals surface area contributed by atoms with Crippen LogP contribution in [0.2, 0.25) is 0 Å². The van der Waals surface area contributed by atoms with Crippen LogP contribution in [-0.4, -0.2) is 133 Å². The summed E-state index contributed by atoms with van der Waals surface area (Å²) in [6.07, 6.45) is -14.6. The predicted octanol–water partition coefficient (Wildman–Crippen LogP) is -0.701. The van der Waals surface area contributed by atoms with Gasteiger partial charge in [0.15, 0.2) is 12.2 Å². The molecule has 0 aliphatic carbocycles. The van der Waals surface area contributed by atoms with Gasteiger partial charge in [0.25, 0.3) is 0 Å². The number of methoxy groups -OCH3 is 5. The zero-order valence-electron chi connectivity index (χ0n) is 29.2. The molecular formula is C31H42O21. The molecule has 1 saturated heterocycles. The molecule has 0 radical (unpaired) electrons. The molecule has 1 aliphatic heterocycles. The van der Waals surface area contributed by atoms with Crippen LogP contribution in [0.3, 0.4) is 0 Å². The zero-order valence-corrected chi connectivity index (χ0v) is 29.2. The van der Waals surface area contributed by atoms with Crippen LogP contribution in [0, 0.1) is 0 Å². The summed E-state index contributed by atoms with van der Waals surface area (Å²) < 4.78 is 55.4. The molecule has 0 aromatic carbocycles. The van der Waals surface area contributed by atoms with Crippen LogP contribution >= 0.6 is 0 Å². The Labute approximate surface area is 297 Å². The minimum atomic E-state index is -2.02. The third kappa shape index (κ3) is 17.1. The van der Waals surface area contributed by atoms with Crippen LogP contribution in [0.5, 0.6) is 0 Å². The van der Waals surface area contributed by atoms with E-state index in [0.29, 0.717) is 0 Å². The van der Waals surface area contributed by atoms with Gasteiger partial charge in [-0.1, -0.05) is 0 Å². The molecule has 1 fully saturated rings. The fourth-order valence-corrected chi connectivity index (χ4v) is 4.11. The van der Waals surface area contributed by atoms with Gasteiger partial charge in [-0.2, -0.15) is 0 Å². The quantitative estimate of drug-likeness (QED) is 0.104. The molecule has 0 bridgehead atoms. The Hall–Kier alpha value is -5.34. The van der Waals surface area contributed by atoms with Crippen molar-refractivity contribution in [3.05, 3.63) is 0 Å². The highest BCUT2D eigenvalue weighted by Gasteiger charge is 2.54. The van der Waals surface area contributed by atoms with Gasteiger partial charge < -0.3 is 52.1 Å². The average Bonchev–Trinajstić information content (AvgIpc) is 3.13. The summed E-state index contributed by atoms with van der Waals surface area (Å²) in [7, 11) is 5.38. The van der Waals surface area contributed by atoms with Gasteiger partial charge in [-0.3, -0.25) is 47.9 Å². The maximum Gasteiger partial charge on any atom is 0.308 e. The first-order chi connectivity index (χ1) is 24.7. The van der Waals surface area contributed by atoms with Gasteiger partial charge in [-0.25, -0.2) is 0 Å². The number of ether oxygens (including phenoxy) is 11. The third-order valence-corrected chi connectivity index (χ3v) is 6.85. The highest BCUT2D eigenvalue weighted by Crippen LogP contribution is 2.31. The van der Waals surface area contributed by atoms with E-state index in [9.17, 15) is 47.9 Å². The summed E-state index contributed by atoms with van der Waals surface area (Å²) in [5.41, 5.74) is 0. The van der Waals surface area contributed by atoms with Gasteiger partial charge in [0.2, 0.25) is 12.4 Å². The lowest BCUT2D eigenvalue weighted by molar-refractivity contribution is -0.301. The number of carbonyl (C=O) groups excluding carboxylic acids is 10. The van der Waals surface area contributed by atoms with Crippen LogP contribution in [-0.2, 0) is 100 Å². The molecular weight excluding hydrogens is 708 g/mol. The van der Waals surface area contributed by atoms with E-state index in [-0.39, 0.29) is 6.42 Å². The maximum absolute atomic E-state index is 13.0. The van der Waals surface area contributed by atoms with Gasteiger partial charge in [-0.15, -0.1) is 0 Å². The summed E-state index contributed by atoms with van der Waals surface area (Å²) in [6.45, 7) is -0.815. The number of carbonyl (C=O) groups is 10. The Bertz CT molecular complexity index is 1290. The molecule has 1 heterocycles. The van der Waals surface area contributed by atoms with E-state index < -0.39 is 155 Å². The maximum atomic E-state index is 13.0. The lowest BCUT2D eigenvalue weighted by Crippen LogP contribution is -2.63. The molecule has 21 nitrogen and oxygen atoms in total. The van der Waals surface area contributed by atoms with Crippen molar-refractivity contribution in [3.8, 4) is 0 Å². The van der Waals surface area contributed by atoms with Crippen molar-refractivity contribution in [2.45, 2.75) is 94.9 Å². The highest BCUT2D eigenvalue weighted by atomic mass is 16.7. The molecule has 1 aliphatic rings. The van der Waals surface area contributed by atoms with Gasteiger partial charge in [0, 0.05) is 0 Å². The second-order valence-corrected chi connectivity index (χ2v) is 10.5. The van der Waals surface area contributed by atoms with Gasteiger partial charge in [-0.05, 0) is 0 Å². The molecule has 0 aromatic rings. The van der Waals surface area contributed by atoms with Crippen molar-refractivity contribution in [3.63, 3.8) is 0 Å². The third-order valence-electron chi connectivity index (χ3n) is 6.85. The zero-order chi connectivity index (χ0) is 39.2. The fourth-order valence-electron chi connectivity index (χ4n) is 4.11. The topological polar surface area (TPSA) is 272 Å². The standard InChI is InChI=1S/C31H42O21/c1-42-18(32)6-11-23(37)47-16-17-28(49-24(38)12-7-19(33)43-2)29(50-25(39)13-8-20(34)44-3)30(51-26(40)14-9-21(35)45-4)31(48-17)52-27(41)15-10-22(36)46-5/h17,28-31H,6-16H2,1-5H3/t17-,28-,29+,30-,31+/m1/s1. The van der Waals surface area contributed by atoms with Crippen molar-refractivity contribution >= 4 is 59.7 Å². The lowest BCUT2D eigenvalue weighted by atomic mass is 9.97. The van der Waals surface area contributed by atoms with Crippen molar-refractivity contribution in [1.29, 1.82) is 0 Å². The molecule has 0 unspecified atom stereocenters. The SMILES string of the molecule is COC(=O)CCC(=O)OC[C@H]1O[C@@H](OC(=O)CCC(=O)OC)[C@H](OC(=O)CCC(=O)OC)[C@@H](OC(=O)CCC(=O)OC)[C@@H]1OC(=O)CCC(=O)OC. The molecule has 21 heteroatoms. The van der Waals surface area contributed by atoms with Gasteiger partial charge in [0.05, 0.1) is 99.8 Å². The summed E-state index contributed by atoms with van der Waals surface area (Å²) in [5.74, 6) is -9.44. The average molecular weight is 751 g/mol. The molecule has 0 spiro atoms. The molecule has 0 N–H and O–H groups in total. The summed E-state index contributed by atoms with van der Waals surface area (Å²) in [4.78, 5) is 122. The van der Waals surface area contributed by atoms with Gasteiger partial charge >= 0.3 is 59.7 Å². The normalized spacial score (nSPS) is 19.1. The number of hydrogen-bond acceptors (Lipinski definition) is 21. The van der Waals surface area contributed by atoms with Crippen molar-refractivity contribution in [2.24, 2.45) is 0 Å². The second-order valence-electron chi connectivity index (χ2n) is 10.5. The molecule has 292 valence electrons. The monoisotopic (exact) mass is 750 g/mol. The largest absolute Gasteiger partial charge is 0.469 e. The van der Waals surface area contributed by atoms with E-state index in [4.69, 9.17) is 28.4 Å². The summed E-state index contributed by atoms with van der Waals surface area (Å²) >= 11 is 0. The molecule has 0 aromatic heterocycles. The smallest absolute Gasteiger partial charge is 0.308 e. The molecule has 1 rings (SSSR count). The van der Waals surface area contributed by atoms with Crippen LogP contribution in [0.1, 0.15) is 64.2 Å². The number of rotatable bonds is 21. The van der Waals surface area contributed by atoms with Crippen molar-refractivity contribution < 1.29 is 100 Å². The summed E-state index contributed by atoms with van der Waals surface area (Å²) in [6, 6.07) is 0. The Balaban J connectivity index is 3.65. The van der Waals surface area contributed by atoms with E-state index in [2.05, 4.69) is 23.7 Å². The first-order valence-electron chi connectivity index (χ1n) is 15.6. The van der Waals surface area contributed by atoms with E-state index in [0.717, 1.165) is 35.5 Å². The van der Waals surface area contributed by atoms with E-state index in [1.54, 1.807) is 0 Å². The van der Waals surface area contributed by atoms with Crippen LogP contribution in [0.4, 0.5) is 0 Å². The first-order valence-corrected chi connectivity index (χ1v) is 15.6. The van der Waals surface area contributed by atoms with Crippen LogP contribution in [0.15, 0.2) is 0 Å². The van der Waals surface area contributed by atoms with Crippen LogP contribution < -0.4 is 0 Å². The van der Waals surface area contributed by atoms with Crippen molar-refractivity contribution in [2.75, 3.05) is 42.2 Å².